The largest absolute Gasteiger partial charge is 0.497 e. The number of hydrogen-bond donors (Lipinski definition) is 0. The average molecular weight is 460 g/mol. The fourth-order valence-electron chi connectivity index (χ4n) is 2.33. The minimum Gasteiger partial charge on any atom is -0.497 e. The smallest absolute Gasteiger partial charge is 0.135 e. The maximum atomic E-state index is 6.05. The van der Waals surface area contributed by atoms with Crippen molar-refractivity contribution in [2.24, 2.45) is 0 Å². The van der Waals surface area contributed by atoms with Crippen LogP contribution in [0.25, 0.3) is 8.96 Å². The highest BCUT2D eigenvalue weighted by molar-refractivity contribution is 9.18. The first-order chi connectivity index (χ1) is 12.2. The van der Waals surface area contributed by atoms with E-state index in [9.17, 15) is 0 Å². The van der Waals surface area contributed by atoms with Gasteiger partial charge in [0.15, 0.2) is 0 Å². The molecular weight excluding hydrogens is 444 g/mol. The van der Waals surface area contributed by atoms with Gasteiger partial charge >= 0.3 is 0 Å². The normalized spacial score (nSPS) is 11.6. The van der Waals surface area contributed by atoms with Gasteiger partial charge in [-0.15, -0.1) is 0 Å². The van der Waals surface area contributed by atoms with Crippen molar-refractivity contribution in [3.8, 4) is 17.2 Å². The number of halogens is 2. The van der Waals surface area contributed by atoms with Crippen LogP contribution in [0, 0.1) is 0 Å². The molecule has 4 heteroatoms. The summed E-state index contributed by atoms with van der Waals surface area (Å²) < 4.78 is 13.1. The predicted molar refractivity (Wildman–Crippen MR) is 111 cm³/mol. The van der Waals surface area contributed by atoms with Gasteiger partial charge in [0.1, 0.15) is 17.2 Å². The summed E-state index contributed by atoms with van der Waals surface area (Å²) >= 11 is 7.40. The summed E-state index contributed by atoms with van der Waals surface area (Å²) in [6, 6.07) is 25.6. The van der Waals surface area contributed by atoms with Crippen LogP contribution < -0.4 is 9.47 Å². The van der Waals surface area contributed by atoms with Crippen molar-refractivity contribution in [3.63, 3.8) is 0 Å². The van der Waals surface area contributed by atoms with Crippen molar-refractivity contribution in [2.75, 3.05) is 7.11 Å². The first kappa shape index (κ1) is 17.8. The molecule has 25 heavy (non-hydrogen) atoms. The molecule has 0 saturated carbocycles. The molecule has 0 fully saturated rings. The molecule has 126 valence electrons. The standard InChI is InChI=1S/C21H16Br2O2/c1-24-16-13-11-15(12-14-16)20(22)21(23)18-9-5-6-10-19(18)25-17-7-3-2-4-8-17/h2-14H,1H3/b21-20+. The third-order valence-corrected chi connectivity index (χ3v) is 5.84. The maximum Gasteiger partial charge on any atom is 0.135 e. The van der Waals surface area contributed by atoms with Gasteiger partial charge in [-0.2, -0.15) is 0 Å². The molecule has 0 aliphatic heterocycles. The van der Waals surface area contributed by atoms with Crippen LogP contribution in [0.15, 0.2) is 78.9 Å². The Balaban J connectivity index is 1.97. The number of hydrogen-bond acceptors (Lipinski definition) is 2. The summed E-state index contributed by atoms with van der Waals surface area (Å²) in [7, 11) is 1.66. The SMILES string of the molecule is COc1ccc(/C(Br)=C(\Br)c2ccccc2Oc2ccccc2)cc1. The second kappa shape index (κ2) is 8.37. The van der Waals surface area contributed by atoms with Crippen molar-refractivity contribution in [2.45, 2.75) is 0 Å². The fourth-order valence-corrected chi connectivity index (χ4v) is 3.37. The summed E-state index contributed by atoms with van der Waals surface area (Å²) in [4.78, 5) is 0. The molecule has 3 aromatic rings. The van der Waals surface area contributed by atoms with Crippen molar-refractivity contribution in [1.29, 1.82) is 0 Å². The summed E-state index contributed by atoms with van der Waals surface area (Å²) in [5.74, 6) is 2.41. The van der Waals surface area contributed by atoms with E-state index in [2.05, 4.69) is 31.9 Å². The summed E-state index contributed by atoms with van der Waals surface area (Å²) in [5, 5.41) is 0. The molecule has 0 heterocycles. The van der Waals surface area contributed by atoms with Crippen LogP contribution in [0.5, 0.6) is 17.2 Å². The van der Waals surface area contributed by atoms with E-state index in [1.165, 1.54) is 0 Å². The molecule has 0 radical (unpaired) electrons. The topological polar surface area (TPSA) is 18.5 Å². The highest BCUT2D eigenvalue weighted by Crippen LogP contribution is 2.40. The molecular formula is C21H16Br2O2. The maximum absolute atomic E-state index is 6.05. The quantitative estimate of drug-likeness (QED) is 0.378. The lowest BCUT2D eigenvalue weighted by molar-refractivity contribution is 0.415. The van der Waals surface area contributed by atoms with E-state index in [0.29, 0.717) is 0 Å². The highest BCUT2D eigenvalue weighted by atomic mass is 79.9. The number of rotatable bonds is 5. The van der Waals surface area contributed by atoms with E-state index in [1.807, 2.05) is 78.9 Å². The Morgan fingerprint density at radius 3 is 2.00 bits per heavy atom. The Kier molecular flexibility index (Phi) is 5.95. The Morgan fingerprint density at radius 1 is 0.680 bits per heavy atom. The lowest BCUT2D eigenvalue weighted by atomic mass is 10.1. The van der Waals surface area contributed by atoms with Crippen LogP contribution >= 0.6 is 31.9 Å². The number of para-hydroxylation sites is 2. The Bertz CT molecular complexity index is 872. The minimum atomic E-state index is 0.783. The van der Waals surface area contributed by atoms with Gasteiger partial charge < -0.3 is 9.47 Å². The molecule has 3 aromatic carbocycles. The second-order valence-corrected chi connectivity index (χ2v) is 6.85. The predicted octanol–water partition coefficient (Wildman–Crippen LogP) is 7.10. The van der Waals surface area contributed by atoms with Crippen molar-refractivity contribution in [1.82, 2.24) is 0 Å². The van der Waals surface area contributed by atoms with Gasteiger partial charge in [0.2, 0.25) is 0 Å². The zero-order valence-corrected chi connectivity index (χ0v) is 16.7. The molecule has 0 amide bonds. The van der Waals surface area contributed by atoms with Crippen LogP contribution in [-0.4, -0.2) is 7.11 Å². The summed E-state index contributed by atoms with van der Waals surface area (Å²) in [6.07, 6.45) is 0. The van der Waals surface area contributed by atoms with E-state index in [4.69, 9.17) is 9.47 Å². The number of methoxy groups -OCH3 is 1. The Morgan fingerprint density at radius 2 is 1.32 bits per heavy atom. The van der Waals surface area contributed by atoms with Gasteiger partial charge in [0.25, 0.3) is 0 Å². The van der Waals surface area contributed by atoms with E-state index >= 15 is 0 Å². The Labute approximate surface area is 164 Å². The monoisotopic (exact) mass is 458 g/mol. The second-order valence-electron chi connectivity index (χ2n) is 5.27. The minimum absolute atomic E-state index is 0.783. The lowest BCUT2D eigenvalue weighted by Gasteiger charge is -2.12. The molecule has 0 unspecified atom stereocenters. The van der Waals surface area contributed by atoms with Crippen LogP contribution in [-0.2, 0) is 0 Å². The van der Waals surface area contributed by atoms with Crippen molar-refractivity contribution >= 4 is 40.8 Å². The molecule has 0 aliphatic carbocycles. The first-order valence-corrected chi connectivity index (χ1v) is 9.29. The molecule has 0 bridgehead atoms. The van der Waals surface area contributed by atoms with Crippen LogP contribution in [0.4, 0.5) is 0 Å². The van der Waals surface area contributed by atoms with Crippen LogP contribution in [0.3, 0.4) is 0 Å². The number of benzene rings is 3. The van der Waals surface area contributed by atoms with E-state index in [-0.39, 0.29) is 0 Å². The molecule has 0 aromatic heterocycles. The molecule has 3 rings (SSSR count). The molecule has 0 atom stereocenters. The van der Waals surface area contributed by atoms with Crippen LogP contribution in [0.1, 0.15) is 11.1 Å². The van der Waals surface area contributed by atoms with E-state index in [0.717, 1.165) is 37.3 Å². The molecule has 2 nitrogen and oxygen atoms in total. The van der Waals surface area contributed by atoms with Crippen molar-refractivity contribution in [3.05, 3.63) is 90.0 Å². The first-order valence-electron chi connectivity index (χ1n) is 7.71. The summed E-state index contributed by atoms with van der Waals surface area (Å²) in [5.41, 5.74) is 2.01. The zero-order valence-electron chi connectivity index (χ0n) is 13.6. The van der Waals surface area contributed by atoms with Gasteiger partial charge in [-0.25, -0.2) is 0 Å². The summed E-state index contributed by atoms with van der Waals surface area (Å²) in [6.45, 7) is 0. The molecule has 0 spiro atoms. The van der Waals surface area contributed by atoms with Gasteiger partial charge in [-0.1, -0.05) is 48.5 Å². The zero-order chi connectivity index (χ0) is 17.6. The van der Waals surface area contributed by atoms with Gasteiger partial charge in [-0.05, 0) is 67.8 Å². The fraction of sp³-hybridized carbons (Fsp3) is 0.0476. The van der Waals surface area contributed by atoms with E-state index in [1.54, 1.807) is 7.11 Å². The third-order valence-electron chi connectivity index (χ3n) is 3.63. The van der Waals surface area contributed by atoms with E-state index < -0.39 is 0 Å². The van der Waals surface area contributed by atoms with Gasteiger partial charge in [0.05, 0.1) is 7.11 Å². The molecule has 0 N–H and O–H groups in total. The molecule has 0 saturated heterocycles. The number of ether oxygens (including phenoxy) is 2. The van der Waals surface area contributed by atoms with Gasteiger partial charge in [-0.3, -0.25) is 0 Å². The van der Waals surface area contributed by atoms with Gasteiger partial charge in [0, 0.05) is 14.5 Å². The third kappa shape index (κ3) is 4.33. The van der Waals surface area contributed by atoms with Crippen molar-refractivity contribution < 1.29 is 9.47 Å². The average Bonchev–Trinajstić information content (AvgIpc) is 2.68. The lowest BCUT2D eigenvalue weighted by Crippen LogP contribution is -1.90. The highest BCUT2D eigenvalue weighted by Gasteiger charge is 2.12. The van der Waals surface area contributed by atoms with Crippen LogP contribution in [0.2, 0.25) is 0 Å². The molecule has 0 aliphatic rings. The Hall–Kier alpha value is -2.04.